The molecule has 0 bridgehead atoms. The number of hydrogen-bond acceptors (Lipinski definition) is 3. The van der Waals surface area contributed by atoms with Crippen molar-refractivity contribution in [3.8, 4) is 5.75 Å². The Balaban J connectivity index is 1.45. The molecule has 0 aliphatic carbocycles. The first kappa shape index (κ1) is 16.4. The van der Waals surface area contributed by atoms with Gasteiger partial charge in [0.25, 0.3) is 5.91 Å². The molecule has 3 aromatic rings. The van der Waals surface area contributed by atoms with Gasteiger partial charge in [-0.05, 0) is 48.0 Å². The summed E-state index contributed by atoms with van der Waals surface area (Å²) in [6, 6.07) is 15.0. The van der Waals surface area contributed by atoms with E-state index in [0.717, 1.165) is 22.6 Å². The first-order chi connectivity index (χ1) is 12.7. The van der Waals surface area contributed by atoms with Crippen molar-refractivity contribution in [3.05, 3.63) is 82.6 Å². The minimum Gasteiger partial charge on any atom is -0.488 e. The summed E-state index contributed by atoms with van der Waals surface area (Å²) in [5.41, 5.74) is 3.20. The molecule has 0 atom stereocenters. The molecular formula is C20H16ClN3O2. The molecule has 2 heterocycles. The van der Waals surface area contributed by atoms with Gasteiger partial charge in [-0.15, -0.1) is 0 Å². The highest BCUT2D eigenvalue weighted by atomic mass is 35.5. The smallest absolute Gasteiger partial charge is 0.255 e. The minimum atomic E-state index is -0.185. The Morgan fingerprint density at radius 3 is 2.85 bits per heavy atom. The van der Waals surface area contributed by atoms with Gasteiger partial charge in [-0.2, -0.15) is 5.10 Å². The van der Waals surface area contributed by atoms with Crippen LogP contribution in [-0.2, 0) is 11.3 Å². The number of nitrogens with zero attached hydrogens (tertiary/aromatic N) is 2. The van der Waals surface area contributed by atoms with Crippen molar-refractivity contribution in [2.24, 2.45) is 0 Å². The van der Waals surface area contributed by atoms with Gasteiger partial charge < -0.3 is 10.1 Å². The molecule has 1 aromatic heterocycles. The summed E-state index contributed by atoms with van der Waals surface area (Å²) in [5, 5.41) is 7.69. The number of amides is 1. The molecule has 0 saturated heterocycles. The molecule has 1 aliphatic rings. The predicted molar refractivity (Wildman–Crippen MR) is 101 cm³/mol. The Labute approximate surface area is 155 Å². The van der Waals surface area contributed by atoms with Gasteiger partial charge in [-0.1, -0.05) is 23.7 Å². The standard InChI is InChI=1S/C20H16ClN3O2/c21-17-4-7-19-15(11-17)10-16(13-26-19)20(25)23-18-5-2-14(3-6-18)12-24-9-1-8-22-24/h1-11H,12-13H2,(H,23,25). The van der Waals surface area contributed by atoms with Gasteiger partial charge in [0.2, 0.25) is 0 Å². The molecule has 0 unspecified atom stereocenters. The number of carbonyl (C=O) groups is 1. The molecule has 0 saturated carbocycles. The van der Waals surface area contributed by atoms with E-state index in [-0.39, 0.29) is 12.5 Å². The van der Waals surface area contributed by atoms with Crippen LogP contribution in [0.3, 0.4) is 0 Å². The summed E-state index contributed by atoms with van der Waals surface area (Å²) in [6.07, 6.45) is 5.47. The second kappa shape index (κ2) is 7.06. The van der Waals surface area contributed by atoms with E-state index in [0.29, 0.717) is 17.1 Å². The van der Waals surface area contributed by atoms with E-state index in [2.05, 4.69) is 10.4 Å². The first-order valence-electron chi connectivity index (χ1n) is 8.18. The summed E-state index contributed by atoms with van der Waals surface area (Å²) < 4.78 is 7.48. The van der Waals surface area contributed by atoms with Gasteiger partial charge in [0, 0.05) is 28.7 Å². The predicted octanol–water partition coefficient (Wildman–Crippen LogP) is 4.00. The van der Waals surface area contributed by atoms with Crippen molar-refractivity contribution >= 4 is 29.3 Å². The second-order valence-electron chi connectivity index (χ2n) is 6.00. The van der Waals surface area contributed by atoms with Crippen LogP contribution in [0.4, 0.5) is 5.69 Å². The third-order valence-corrected chi connectivity index (χ3v) is 4.33. The monoisotopic (exact) mass is 365 g/mol. The highest BCUT2D eigenvalue weighted by Crippen LogP contribution is 2.29. The number of benzene rings is 2. The lowest BCUT2D eigenvalue weighted by molar-refractivity contribution is -0.113. The molecule has 1 amide bonds. The maximum atomic E-state index is 12.5. The Hall–Kier alpha value is -3.05. The number of halogens is 1. The second-order valence-corrected chi connectivity index (χ2v) is 6.43. The zero-order valence-electron chi connectivity index (χ0n) is 13.9. The van der Waals surface area contributed by atoms with Gasteiger partial charge in [-0.3, -0.25) is 9.48 Å². The van der Waals surface area contributed by atoms with Crippen molar-refractivity contribution in [1.29, 1.82) is 0 Å². The summed E-state index contributed by atoms with van der Waals surface area (Å²) in [7, 11) is 0. The van der Waals surface area contributed by atoms with Gasteiger partial charge in [-0.25, -0.2) is 0 Å². The number of anilines is 1. The lowest BCUT2D eigenvalue weighted by Crippen LogP contribution is -2.21. The van der Waals surface area contributed by atoms with Crippen molar-refractivity contribution < 1.29 is 9.53 Å². The number of nitrogens with one attached hydrogen (secondary N) is 1. The average molecular weight is 366 g/mol. The maximum Gasteiger partial charge on any atom is 0.255 e. The van der Waals surface area contributed by atoms with Gasteiger partial charge in [0.05, 0.1) is 12.1 Å². The van der Waals surface area contributed by atoms with Crippen LogP contribution in [0.1, 0.15) is 11.1 Å². The Morgan fingerprint density at radius 1 is 1.23 bits per heavy atom. The highest BCUT2D eigenvalue weighted by Gasteiger charge is 2.17. The van der Waals surface area contributed by atoms with Crippen LogP contribution in [0.5, 0.6) is 5.75 Å². The number of ether oxygens (including phenoxy) is 1. The molecule has 0 spiro atoms. The van der Waals surface area contributed by atoms with E-state index in [1.807, 2.05) is 47.3 Å². The van der Waals surface area contributed by atoms with Crippen LogP contribution in [0.15, 0.2) is 66.5 Å². The molecule has 2 aromatic carbocycles. The Kier molecular flexibility index (Phi) is 4.46. The highest BCUT2D eigenvalue weighted by molar-refractivity contribution is 6.30. The summed E-state index contributed by atoms with van der Waals surface area (Å²) >= 11 is 6.01. The van der Waals surface area contributed by atoms with E-state index in [9.17, 15) is 4.79 Å². The quantitative estimate of drug-likeness (QED) is 0.760. The fourth-order valence-electron chi connectivity index (χ4n) is 2.77. The lowest BCUT2D eigenvalue weighted by atomic mass is 10.1. The largest absolute Gasteiger partial charge is 0.488 e. The molecule has 1 N–H and O–H groups in total. The number of fused-ring (bicyclic) bond motifs is 1. The summed E-state index contributed by atoms with van der Waals surface area (Å²) in [4.78, 5) is 12.5. The van der Waals surface area contributed by atoms with Crippen LogP contribution in [0.2, 0.25) is 5.02 Å². The fourth-order valence-corrected chi connectivity index (χ4v) is 2.95. The van der Waals surface area contributed by atoms with Crippen molar-refractivity contribution in [3.63, 3.8) is 0 Å². The zero-order chi connectivity index (χ0) is 17.9. The van der Waals surface area contributed by atoms with E-state index >= 15 is 0 Å². The maximum absolute atomic E-state index is 12.5. The van der Waals surface area contributed by atoms with E-state index in [1.54, 1.807) is 24.4 Å². The third kappa shape index (κ3) is 3.63. The molecule has 26 heavy (non-hydrogen) atoms. The van der Waals surface area contributed by atoms with Gasteiger partial charge in [0.1, 0.15) is 12.4 Å². The molecule has 6 heteroatoms. The van der Waals surface area contributed by atoms with Crippen LogP contribution >= 0.6 is 11.6 Å². The lowest BCUT2D eigenvalue weighted by Gasteiger charge is -2.18. The van der Waals surface area contributed by atoms with Gasteiger partial charge >= 0.3 is 0 Å². The molecular weight excluding hydrogens is 350 g/mol. The third-order valence-electron chi connectivity index (χ3n) is 4.09. The Bertz CT molecular complexity index is 963. The van der Waals surface area contributed by atoms with Crippen LogP contribution < -0.4 is 10.1 Å². The molecule has 0 fully saturated rings. The number of aromatic nitrogens is 2. The number of carbonyl (C=O) groups excluding carboxylic acids is 1. The van der Waals surface area contributed by atoms with Crippen LogP contribution in [-0.4, -0.2) is 22.3 Å². The van der Waals surface area contributed by atoms with Crippen molar-refractivity contribution in [2.75, 3.05) is 11.9 Å². The fraction of sp³-hybridized carbons (Fsp3) is 0.100. The minimum absolute atomic E-state index is 0.185. The molecule has 5 nitrogen and oxygen atoms in total. The number of hydrogen-bond donors (Lipinski definition) is 1. The SMILES string of the molecule is O=C(Nc1ccc(Cn2cccn2)cc1)C1=Cc2cc(Cl)ccc2OC1. The molecule has 130 valence electrons. The zero-order valence-corrected chi connectivity index (χ0v) is 14.6. The summed E-state index contributed by atoms with van der Waals surface area (Å²) in [5.74, 6) is 0.546. The topological polar surface area (TPSA) is 56.2 Å². The normalized spacial score (nSPS) is 12.7. The molecule has 0 radical (unpaired) electrons. The van der Waals surface area contributed by atoms with Crippen molar-refractivity contribution in [1.82, 2.24) is 9.78 Å². The molecule has 1 aliphatic heterocycles. The number of rotatable bonds is 4. The van der Waals surface area contributed by atoms with E-state index < -0.39 is 0 Å². The van der Waals surface area contributed by atoms with Crippen LogP contribution in [0, 0.1) is 0 Å². The van der Waals surface area contributed by atoms with E-state index in [4.69, 9.17) is 16.3 Å². The van der Waals surface area contributed by atoms with Gasteiger partial charge in [0.15, 0.2) is 0 Å². The summed E-state index contributed by atoms with van der Waals surface area (Å²) in [6.45, 7) is 0.926. The van der Waals surface area contributed by atoms with Crippen LogP contribution in [0.25, 0.3) is 6.08 Å². The van der Waals surface area contributed by atoms with E-state index in [1.165, 1.54) is 0 Å². The average Bonchev–Trinajstić information content (AvgIpc) is 3.15. The molecule has 4 rings (SSSR count). The first-order valence-corrected chi connectivity index (χ1v) is 8.56. The Morgan fingerprint density at radius 2 is 2.08 bits per heavy atom. The van der Waals surface area contributed by atoms with Crippen molar-refractivity contribution in [2.45, 2.75) is 6.54 Å².